The molecule has 40 heavy (non-hydrogen) atoms. The first-order valence-electron chi connectivity index (χ1n) is 17.0. The quantitative estimate of drug-likeness (QED) is 0.140. The number of hydrogen-bond acceptors (Lipinski definition) is 2. The molecule has 0 spiro atoms. The van der Waals surface area contributed by atoms with E-state index < -0.39 is 0 Å². The van der Waals surface area contributed by atoms with Crippen LogP contribution in [-0.4, -0.2) is 11.4 Å². The third-order valence-corrected chi connectivity index (χ3v) is 7.75. The van der Waals surface area contributed by atoms with Crippen LogP contribution in [0.4, 0.5) is 11.4 Å². The van der Waals surface area contributed by atoms with Gasteiger partial charge in [-0.25, -0.2) is 0 Å². The highest BCUT2D eigenvalue weighted by atomic mass is 14.8. The molecule has 0 saturated carbocycles. The predicted octanol–water partition coefficient (Wildman–Crippen LogP) is 12.3. The Kier molecular flexibility index (Phi) is 17.5. The Bertz CT molecular complexity index is 894. The van der Waals surface area contributed by atoms with Gasteiger partial charge in [0, 0.05) is 0 Å². The van der Waals surface area contributed by atoms with E-state index in [9.17, 15) is 0 Å². The predicted molar refractivity (Wildman–Crippen MR) is 181 cm³/mol. The molecule has 2 rings (SSSR count). The maximum atomic E-state index is 5.41. The number of aliphatic imine (C=N–C) groups is 2. The summed E-state index contributed by atoms with van der Waals surface area (Å²) in [5.74, 6) is 0. The van der Waals surface area contributed by atoms with Gasteiger partial charge in [0.1, 0.15) is 0 Å². The van der Waals surface area contributed by atoms with Crippen molar-refractivity contribution >= 4 is 22.8 Å². The van der Waals surface area contributed by atoms with Crippen LogP contribution in [0.1, 0.15) is 154 Å². The van der Waals surface area contributed by atoms with E-state index in [2.05, 4.69) is 77.9 Å². The molecular weight excluding hydrogens is 484 g/mol. The van der Waals surface area contributed by atoms with Crippen molar-refractivity contribution in [3.8, 4) is 0 Å². The molecule has 0 aliphatic carbocycles. The van der Waals surface area contributed by atoms with E-state index in [-0.39, 0.29) is 0 Å². The van der Waals surface area contributed by atoms with Crippen molar-refractivity contribution in [3.63, 3.8) is 0 Å². The summed E-state index contributed by atoms with van der Waals surface area (Å²) in [5.41, 5.74) is 10.5. The molecule has 0 atom stereocenters. The largest absolute Gasteiger partial charge is 0.252 e. The van der Waals surface area contributed by atoms with Gasteiger partial charge < -0.3 is 0 Å². The Labute approximate surface area is 248 Å². The van der Waals surface area contributed by atoms with Crippen molar-refractivity contribution < 1.29 is 0 Å². The van der Waals surface area contributed by atoms with Crippen molar-refractivity contribution in [3.05, 3.63) is 58.7 Å². The second-order valence-electron chi connectivity index (χ2n) is 11.8. The Hall–Kier alpha value is -2.22. The van der Waals surface area contributed by atoms with Crippen molar-refractivity contribution in [2.24, 2.45) is 9.98 Å². The van der Waals surface area contributed by atoms with Crippen molar-refractivity contribution in [1.82, 2.24) is 0 Å². The Balaban J connectivity index is 2.60. The number of hydrogen-bond donors (Lipinski definition) is 0. The molecule has 0 saturated heterocycles. The minimum absolute atomic E-state index is 1.00. The van der Waals surface area contributed by atoms with E-state index >= 15 is 0 Å². The summed E-state index contributed by atoms with van der Waals surface area (Å²) in [5, 5.41) is 0. The smallest absolute Gasteiger partial charge is 0.0639 e. The van der Waals surface area contributed by atoms with Gasteiger partial charge in [-0.2, -0.15) is 0 Å². The summed E-state index contributed by atoms with van der Waals surface area (Å²) >= 11 is 0. The lowest BCUT2D eigenvalue weighted by molar-refractivity contribution is 0.780. The zero-order chi connectivity index (χ0) is 29.0. The average Bonchev–Trinajstić information content (AvgIpc) is 2.97. The first-order chi connectivity index (χ1) is 19.6. The lowest BCUT2D eigenvalue weighted by atomic mass is 9.99. The standard InChI is InChI=1S/C38H60N2/c1-7-13-19-31-25-32(20-14-8-2)28-35(27-31)39-37(23-17-11-5)38(24-18-12-6)40-36-29-33(21-15-9-3)26-34(30-36)22-16-10-4/h25-30H,7-24H2,1-6H3. The van der Waals surface area contributed by atoms with Crippen LogP contribution in [0, 0.1) is 0 Å². The fourth-order valence-corrected chi connectivity index (χ4v) is 5.25. The molecule has 2 aromatic carbocycles. The van der Waals surface area contributed by atoms with Gasteiger partial charge in [0.05, 0.1) is 22.8 Å². The van der Waals surface area contributed by atoms with Gasteiger partial charge >= 0.3 is 0 Å². The van der Waals surface area contributed by atoms with E-state index in [0.717, 1.165) is 62.7 Å². The molecule has 0 radical (unpaired) electrons. The molecule has 0 N–H and O–H groups in total. The second kappa shape index (κ2) is 20.6. The zero-order valence-electron chi connectivity index (χ0n) is 27.1. The lowest BCUT2D eigenvalue weighted by Gasteiger charge is -2.14. The third-order valence-electron chi connectivity index (χ3n) is 7.75. The van der Waals surface area contributed by atoms with Crippen LogP contribution in [0.2, 0.25) is 0 Å². The normalized spacial score (nSPS) is 12.3. The molecule has 2 nitrogen and oxygen atoms in total. The van der Waals surface area contributed by atoms with Gasteiger partial charge in [-0.05, 0) is 124 Å². The monoisotopic (exact) mass is 544 g/mol. The lowest BCUT2D eigenvalue weighted by Crippen LogP contribution is -2.14. The fourth-order valence-electron chi connectivity index (χ4n) is 5.25. The van der Waals surface area contributed by atoms with E-state index in [1.54, 1.807) is 0 Å². The highest BCUT2D eigenvalue weighted by molar-refractivity contribution is 6.43. The average molecular weight is 545 g/mol. The molecule has 2 heteroatoms. The van der Waals surface area contributed by atoms with Crippen molar-refractivity contribution in [2.75, 3.05) is 0 Å². The number of nitrogens with zero attached hydrogens (tertiary/aromatic N) is 2. The first kappa shape index (κ1) is 34.0. The Morgan fingerprint density at radius 2 is 0.675 bits per heavy atom. The Morgan fingerprint density at radius 3 is 0.925 bits per heavy atom. The summed E-state index contributed by atoms with van der Waals surface area (Å²) in [6, 6.07) is 14.3. The molecule has 2 aromatic rings. The van der Waals surface area contributed by atoms with Gasteiger partial charge in [0.2, 0.25) is 0 Å². The van der Waals surface area contributed by atoms with E-state index in [0.29, 0.717) is 0 Å². The Morgan fingerprint density at radius 1 is 0.400 bits per heavy atom. The molecule has 222 valence electrons. The summed E-state index contributed by atoms with van der Waals surface area (Å²) in [7, 11) is 0. The van der Waals surface area contributed by atoms with Crippen LogP contribution in [0.15, 0.2) is 46.4 Å². The van der Waals surface area contributed by atoms with Gasteiger partial charge in [0.25, 0.3) is 0 Å². The van der Waals surface area contributed by atoms with Crippen molar-refractivity contribution in [2.45, 2.75) is 157 Å². The minimum Gasteiger partial charge on any atom is -0.252 e. The van der Waals surface area contributed by atoms with Gasteiger partial charge in [-0.3, -0.25) is 9.98 Å². The molecular formula is C38H60N2. The topological polar surface area (TPSA) is 24.7 Å². The molecule has 0 aliphatic rings. The van der Waals surface area contributed by atoms with Crippen molar-refractivity contribution in [1.29, 1.82) is 0 Å². The number of aryl methyl sites for hydroxylation is 4. The summed E-state index contributed by atoms with van der Waals surface area (Å²) in [6.07, 6.45) is 21.1. The maximum absolute atomic E-state index is 5.41. The fraction of sp³-hybridized carbons (Fsp3) is 0.632. The summed E-state index contributed by atoms with van der Waals surface area (Å²) in [4.78, 5) is 10.8. The molecule has 0 aliphatic heterocycles. The highest BCUT2D eigenvalue weighted by Gasteiger charge is 2.12. The van der Waals surface area contributed by atoms with Crippen LogP contribution in [-0.2, 0) is 25.7 Å². The summed E-state index contributed by atoms with van der Waals surface area (Å²) in [6.45, 7) is 13.7. The van der Waals surface area contributed by atoms with Crippen LogP contribution in [0.3, 0.4) is 0 Å². The van der Waals surface area contributed by atoms with E-state index in [4.69, 9.17) is 9.98 Å². The highest BCUT2D eigenvalue weighted by Crippen LogP contribution is 2.26. The molecule has 0 heterocycles. The van der Waals surface area contributed by atoms with Crippen LogP contribution in [0.5, 0.6) is 0 Å². The second-order valence-corrected chi connectivity index (χ2v) is 11.8. The number of rotatable bonds is 21. The van der Waals surface area contributed by atoms with Crippen LogP contribution >= 0.6 is 0 Å². The molecule has 0 unspecified atom stereocenters. The maximum Gasteiger partial charge on any atom is 0.0639 e. The number of unbranched alkanes of at least 4 members (excludes halogenated alkanes) is 6. The van der Waals surface area contributed by atoms with Gasteiger partial charge in [-0.15, -0.1) is 0 Å². The summed E-state index contributed by atoms with van der Waals surface area (Å²) < 4.78 is 0. The molecule has 0 fully saturated rings. The molecule has 0 amide bonds. The first-order valence-corrected chi connectivity index (χ1v) is 17.0. The molecule has 0 bridgehead atoms. The molecule has 0 aromatic heterocycles. The third kappa shape index (κ3) is 13.0. The van der Waals surface area contributed by atoms with Gasteiger partial charge in [-0.1, -0.05) is 92.2 Å². The van der Waals surface area contributed by atoms with Crippen LogP contribution in [0.25, 0.3) is 0 Å². The van der Waals surface area contributed by atoms with E-state index in [1.165, 1.54) is 97.9 Å². The van der Waals surface area contributed by atoms with E-state index in [1.807, 2.05) is 0 Å². The zero-order valence-corrected chi connectivity index (χ0v) is 27.1. The minimum atomic E-state index is 1.00. The van der Waals surface area contributed by atoms with Gasteiger partial charge in [0.15, 0.2) is 0 Å². The SMILES string of the molecule is CCCCC(=Nc1cc(CCCC)cc(CCCC)c1)C(CCCC)=Nc1cc(CCCC)cc(CCCC)c1. The number of benzene rings is 2. The van der Waals surface area contributed by atoms with Crippen LogP contribution < -0.4 is 0 Å².